The molecule has 0 bridgehead atoms. The second-order valence-corrected chi connectivity index (χ2v) is 5.03. The Balaban J connectivity index is 2.11. The molecular formula is C17H22N2O2. The lowest BCUT2D eigenvalue weighted by atomic mass is 10.1. The first-order valence-corrected chi connectivity index (χ1v) is 6.96. The monoisotopic (exact) mass is 286 g/mol. The molecule has 2 rings (SSSR count). The molecule has 1 atom stereocenters. The number of benzene rings is 2. The van der Waals surface area contributed by atoms with Crippen molar-refractivity contribution in [1.29, 1.82) is 0 Å². The third kappa shape index (κ3) is 3.81. The Morgan fingerprint density at radius 3 is 2.29 bits per heavy atom. The van der Waals surface area contributed by atoms with E-state index in [4.69, 9.17) is 15.2 Å². The van der Waals surface area contributed by atoms with E-state index in [0.29, 0.717) is 17.2 Å². The summed E-state index contributed by atoms with van der Waals surface area (Å²) in [7, 11) is 3.22. The first-order chi connectivity index (χ1) is 10.1. The molecule has 0 heterocycles. The molecule has 0 aliphatic rings. The molecule has 0 saturated carbocycles. The van der Waals surface area contributed by atoms with Gasteiger partial charge in [-0.15, -0.1) is 0 Å². The lowest BCUT2D eigenvalue weighted by Gasteiger charge is -2.19. The largest absolute Gasteiger partial charge is 0.493 e. The number of hydrogen-bond donors (Lipinski definition) is 2. The van der Waals surface area contributed by atoms with Gasteiger partial charge in [-0.1, -0.05) is 30.3 Å². The van der Waals surface area contributed by atoms with Crippen LogP contribution in [-0.2, 0) is 6.42 Å². The predicted molar refractivity (Wildman–Crippen MR) is 87.2 cm³/mol. The first kappa shape index (κ1) is 15.0. The van der Waals surface area contributed by atoms with Crippen molar-refractivity contribution in [3.8, 4) is 11.5 Å². The molecule has 0 aliphatic heterocycles. The summed E-state index contributed by atoms with van der Waals surface area (Å²) in [6, 6.07) is 14.3. The smallest absolute Gasteiger partial charge is 0.162 e. The predicted octanol–water partition coefficient (Wildman–Crippen LogP) is 3.33. The Kier molecular flexibility index (Phi) is 4.93. The van der Waals surface area contributed by atoms with Crippen molar-refractivity contribution in [2.75, 3.05) is 25.3 Å². The fraction of sp³-hybridized carbons (Fsp3) is 0.294. The minimum Gasteiger partial charge on any atom is -0.493 e. The van der Waals surface area contributed by atoms with Crippen molar-refractivity contribution in [2.24, 2.45) is 0 Å². The van der Waals surface area contributed by atoms with Crippen LogP contribution in [0.1, 0.15) is 12.5 Å². The van der Waals surface area contributed by atoms with Gasteiger partial charge in [0.1, 0.15) is 0 Å². The highest BCUT2D eigenvalue weighted by atomic mass is 16.5. The zero-order valence-electron chi connectivity index (χ0n) is 12.7. The van der Waals surface area contributed by atoms with E-state index in [1.165, 1.54) is 5.56 Å². The molecule has 4 nitrogen and oxygen atoms in total. The van der Waals surface area contributed by atoms with Crippen molar-refractivity contribution in [3.05, 3.63) is 48.0 Å². The van der Waals surface area contributed by atoms with Crippen LogP contribution in [0.25, 0.3) is 0 Å². The van der Waals surface area contributed by atoms with Crippen LogP contribution < -0.4 is 20.5 Å². The number of nitrogen functional groups attached to an aromatic ring is 1. The van der Waals surface area contributed by atoms with Crippen molar-refractivity contribution >= 4 is 11.4 Å². The van der Waals surface area contributed by atoms with Gasteiger partial charge in [0.2, 0.25) is 0 Å². The van der Waals surface area contributed by atoms with Crippen LogP contribution in [0.2, 0.25) is 0 Å². The summed E-state index contributed by atoms with van der Waals surface area (Å²) in [5.74, 6) is 1.30. The number of nitrogens with one attached hydrogen (secondary N) is 1. The maximum atomic E-state index is 6.06. The molecule has 0 aliphatic carbocycles. The van der Waals surface area contributed by atoms with Gasteiger partial charge in [-0.3, -0.25) is 0 Å². The van der Waals surface area contributed by atoms with Crippen molar-refractivity contribution in [2.45, 2.75) is 19.4 Å². The number of ether oxygens (including phenoxy) is 2. The highest BCUT2D eigenvalue weighted by molar-refractivity contribution is 5.72. The molecule has 0 fully saturated rings. The van der Waals surface area contributed by atoms with Crippen LogP contribution in [0.5, 0.6) is 11.5 Å². The van der Waals surface area contributed by atoms with E-state index < -0.39 is 0 Å². The van der Waals surface area contributed by atoms with Crippen LogP contribution in [-0.4, -0.2) is 20.3 Å². The minimum absolute atomic E-state index is 0.257. The van der Waals surface area contributed by atoms with Crippen LogP contribution in [0.3, 0.4) is 0 Å². The molecule has 1 unspecified atom stereocenters. The summed E-state index contributed by atoms with van der Waals surface area (Å²) in [5.41, 5.74) is 8.86. The number of anilines is 2. The van der Waals surface area contributed by atoms with Gasteiger partial charge in [-0.25, -0.2) is 0 Å². The zero-order chi connectivity index (χ0) is 15.2. The summed E-state index contributed by atoms with van der Waals surface area (Å²) in [6.07, 6.45) is 0.925. The van der Waals surface area contributed by atoms with E-state index in [2.05, 4.69) is 24.4 Å². The normalized spacial score (nSPS) is 11.8. The molecule has 0 spiro atoms. The van der Waals surface area contributed by atoms with Crippen LogP contribution in [0.15, 0.2) is 42.5 Å². The standard InChI is InChI=1S/C17H22N2O2/c1-12(9-13-7-5-4-6-8-13)19-15-11-17(21-3)16(20-2)10-14(15)18/h4-8,10-12,19H,9,18H2,1-3H3. The van der Waals surface area contributed by atoms with Crippen LogP contribution >= 0.6 is 0 Å². The molecule has 0 radical (unpaired) electrons. The maximum absolute atomic E-state index is 6.06. The van der Waals surface area contributed by atoms with Gasteiger partial charge in [0.15, 0.2) is 11.5 Å². The van der Waals surface area contributed by atoms with E-state index in [9.17, 15) is 0 Å². The molecule has 0 aromatic heterocycles. The van der Waals surface area contributed by atoms with Crippen LogP contribution in [0.4, 0.5) is 11.4 Å². The Labute approximate surface area is 125 Å². The highest BCUT2D eigenvalue weighted by Crippen LogP contribution is 2.35. The third-order valence-electron chi connectivity index (χ3n) is 3.34. The Morgan fingerprint density at radius 2 is 1.67 bits per heavy atom. The van der Waals surface area contributed by atoms with Gasteiger partial charge in [-0.2, -0.15) is 0 Å². The Morgan fingerprint density at radius 1 is 1.05 bits per heavy atom. The lowest BCUT2D eigenvalue weighted by Crippen LogP contribution is -2.19. The second kappa shape index (κ2) is 6.88. The minimum atomic E-state index is 0.257. The van der Waals surface area contributed by atoms with E-state index in [1.54, 1.807) is 20.3 Å². The van der Waals surface area contributed by atoms with Gasteiger partial charge < -0.3 is 20.5 Å². The fourth-order valence-corrected chi connectivity index (χ4v) is 2.30. The molecule has 0 amide bonds. The number of rotatable bonds is 6. The summed E-state index contributed by atoms with van der Waals surface area (Å²) >= 11 is 0. The topological polar surface area (TPSA) is 56.5 Å². The zero-order valence-corrected chi connectivity index (χ0v) is 12.7. The van der Waals surface area contributed by atoms with Crippen molar-refractivity contribution in [3.63, 3.8) is 0 Å². The quantitative estimate of drug-likeness (QED) is 0.800. The van der Waals surface area contributed by atoms with E-state index >= 15 is 0 Å². The highest BCUT2D eigenvalue weighted by Gasteiger charge is 2.11. The molecule has 21 heavy (non-hydrogen) atoms. The van der Waals surface area contributed by atoms with Gasteiger partial charge in [0, 0.05) is 18.2 Å². The Bertz CT molecular complexity index is 585. The van der Waals surface area contributed by atoms with Gasteiger partial charge in [0.05, 0.1) is 25.6 Å². The summed E-state index contributed by atoms with van der Waals surface area (Å²) in [5, 5.41) is 3.42. The number of methoxy groups -OCH3 is 2. The van der Waals surface area contributed by atoms with Crippen molar-refractivity contribution in [1.82, 2.24) is 0 Å². The average Bonchev–Trinajstić information content (AvgIpc) is 2.49. The average molecular weight is 286 g/mol. The number of hydrogen-bond acceptors (Lipinski definition) is 4. The van der Waals surface area contributed by atoms with Gasteiger partial charge in [0.25, 0.3) is 0 Å². The third-order valence-corrected chi connectivity index (χ3v) is 3.34. The van der Waals surface area contributed by atoms with Crippen LogP contribution in [0, 0.1) is 0 Å². The SMILES string of the molecule is COc1cc(N)c(NC(C)Cc2ccccc2)cc1OC. The summed E-state index contributed by atoms with van der Waals surface area (Å²) in [6.45, 7) is 2.13. The molecule has 2 aromatic carbocycles. The fourth-order valence-electron chi connectivity index (χ4n) is 2.30. The van der Waals surface area contributed by atoms with E-state index in [0.717, 1.165) is 12.1 Å². The molecule has 3 N–H and O–H groups in total. The number of nitrogens with two attached hydrogens (primary N) is 1. The van der Waals surface area contributed by atoms with E-state index in [-0.39, 0.29) is 6.04 Å². The van der Waals surface area contributed by atoms with Gasteiger partial charge >= 0.3 is 0 Å². The molecule has 4 heteroatoms. The molecule has 2 aromatic rings. The second-order valence-electron chi connectivity index (χ2n) is 5.03. The summed E-state index contributed by atoms with van der Waals surface area (Å²) < 4.78 is 10.6. The Hall–Kier alpha value is -2.36. The molecular weight excluding hydrogens is 264 g/mol. The molecule has 112 valence electrons. The van der Waals surface area contributed by atoms with E-state index in [1.807, 2.05) is 24.3 Å². The lowest BCUT2D eigenvalue weighted by molar-refractivity contribution is 0.355. The van der Waals surface area contributed by atoms with Crippen molar-refractivity contribution < 1.29 is 9.47 Å². The first-order valence-electron chi connectivity index (χ1n) is 6.96. The van der Waals surface area contributed by atoms with Gasteiger partial charge in [-0.05, 0) is 18.9 Å². The molecule has 0 saturated heterocycles. The summed E-state index contributed by atoms with van der Waals surface area (Å²) in [4.78, 5) is 0. The maximum Gasteiger partial charge on any atom is 0.162 e.